The molecule has 132 valence electrons. The van der Waals surface area contributed by atoms with E-state index in [0.717, 1.165) is 25.7 Å². The number of aromatic nitrogens is 3. The van der Waals surface area contributed by atoms with Crippen LogP contribution in [0.25, 0.3) is 10.8 Å². The molecule has 0 bridgehead atoms. The van der Waals surface area contributed by atoms with Crippen LogP contribution in [0.4, 0.5) is 0 Å². The van der Waals surface area contributed by atoms with E-state index in [1.54, 1.807) is 25.4 Å². The Morgan fingerprint density at radius 2 is 1.80 bits per heavy atom. The first-order chi connectivity index (χ1) is 12.0. The minimum atomic E-state index is -1.19. The lowest BCUT2D eigenvalue weighted by Gasteiger charge is -2.29. The van der Waals surface area contributed by atoms with E-state index >= 15 is 0 Å². The second-order valence-electron chi connectivity index (χ2n) is 6.26. The van der Waals surface area contributed by atoms with Crippen LogP contribution in [0.3, 0.4) is 0 Å². The molecule has 0 spiro atoms. The Morgan fingerprint density at radius 1 is 1.16 bits per heavy atom. The van der Waals surface area contributed by atoms with Gasteiger partial charge in [0.1, 0.15) is 10.4 Å². The number of aryl methyl sites for hydroxylation is 1. The van der Waals surface area contributed by atoms with Gasteiger partial charge in [-0.3, -0.25) is 4.79 Å². The summed E-state index contributed by atoms with van der Waals surface area (Å²) in [5.74, 6) is -0.893. The van der Waals surface area contributed by atoms with Crippen LogP contribution in [0.2, 0.25) is 0 Å². The number of hydrogen-bond acceptors (Lipinski definition) is 6. The quantitative estimate of drug-likeness (QED) is 0.812. The van der Waals surface area contributed by atoms with Crippen molar-refractivity contribution in [3.63, 3.8) is 0 Å². The number of amides is 1. The van der Waals surface area contributed by atoms with Crippen LogP contribution in [-0.2, 0) is 4.79 Å². The highest BCUT2D eigenvalue weighted by Crippen LogP contribution is 2.30. The monoisotopic (exact) mass is 360 g/mol. The lowest BCUT2D eigenvalue weighted by Crippen LogP contribution is -2.54. The number of hydrogen-bond donors (Lipinski definition) is 2. The molecular formula is C17H20N4O3S. The molecule has 2 N–H and O–H groups in total. The SMILES string of the molecule is Cc1nc(-c2ncccn2)sc1C(=O)NC1(C(=O)O)CCCCCC1. The van der Waals surface area contributed by atoms with Crippen molar-refractivity contribution in [3.05, 3.63) is 29.0 Å². The van der Waals surface area contributed by atoms with E-state index in [9.17, 15) is 14.7 Å². The highest BCUT2D eigenvalue weighted by atomic mass is 32.1. The van der Waals surface area contributed by atoms with Crippen molar-refractivity contribution in [1.29, 1.82) is 0 Å². The number of carboxylic acid groups (broad SMARTS) is 1. The lowest BCUT2D eigenvalue weighted by molar-refractivity contribution is -0.145. The number of carbonyl (C=O) groups is 2. The molecule has 1 saturated carbocycles. The normalized spacial score (nSPS) is 16.8. The zero-order chi connectivity index (χ0) is 17.9. The second kappa shape index (κ2) is 7.26. The van der Waals surface area contributed by atoms with E-state index in [-0.39, 0.29) is 5.91 Å². The molecule has 25 heavy (non-hydrogen) atoms. The molecule has 3 rings (SSSR count). The molecule has 0 aromatic carbocycles. The molecule has 0 radical (unpaired) electrons. The van der Waals surface area contributed by atoms with Gasteiger partial charge in [0, 0.05) is 12.4 Å². The van der Waals surface area contributed by atoms with Crippen LogP contribution < -0.4 is 5.32 Å². The van der Waals surface area contributed by atoms with Crippen LogP contribution in [0.15, 0.2) is 18.5 Å². The summed E-state index contributed by atoms with van der Waals surface area (Å²) in [5.41, 5.74) is -0.632. The van der Waals surface area contributed by atoms with Gasteiger partial charge in [-0.2, -0.15) is 0 Å². The van der Waals surface area contributed by atoms with Gasteiger partial charge in [0.25, 0.3) is 5.91 Å². The Kier molecular flexibility index (Phi) is 5.08. The number of carboxylic acids is 1. The average Bonchev–Trinajstić information content (AvgIpc) is 2.84. The molecule has 1 fully saturated rings. The maximum Gasteiger partial charge on any atom is 0.329 e. The number of rotatable bonds is 4. The van der Waals surface area contributed by atoms with Gasteiger partial charge in [0.05, 0.1) is 5.69 Å². The summed E-state index contributed by atoms with van der Waals surface area (Å²) >= 11 is 1.18. The Bertz CT molecular complexity index is 767. The molecule has 0 aliphatic heterocycles. The Labute approximate surface area is 149 Å². The fourth-order valence-electron chi connectivity index (χ4n) is 3.11. The number of carbonyl (C=O) groups excluding carboxylic acids is 1. The largest absolute Gasteiger partial charge is 0.480 e. The Balaban J connectivity index is 1.85. The predicted molar refractivity (Wildman–Crippen MR) is 93.4 cm³/mol. The fourth-order valence-corrected chi connectivity index (χ4v) is 4.02. The first-order valence-electron chi connectivity index (χ1n) is 8.32. The van der Waals surface area contributed by atoms with Gasteiger partial charge in [0.2, 0.25) is 0 Å². The van der Waals surface area contributed by atoms with E-state index < -0.39 is 11.5 Å². The Morgan fingerprint density at radius 3 is 2.40 bits per heavy atom. The number of aliphatic carboxylic acids is 1. The van der Waals surface area contributed by atoms with E-state index in [1.165, 1.54) is 11.3 Å². The summed E-state index contributed by atoms with van der Waals surface area (Å²) in [6, 6.07) is 1.71. The number of thiazole rings is 1. The smallest absolute Gasteiger partial charge is 0.329 e. The summed E-state index contributed by atoms with van der Waals surface area (Å²) in [6.07, 6.45) is 7.75. The van der Waals surface area contributed by atoms with Crippen LogP contribution in [-0.4, -0.2) is 37.5 Å². The molecule has 7 nitrogen and oxygen atoms in total. The van der Waals surface area contributed by atoms with Gasteiger partial charge in [-0.05, 0) is 25.8 Å². The first kappa shape index (κ1) is 17.5. The maximum absolute atomic E-state index is 12.8. The molecule has 0 unspecified atom stereocenters. The third-order valence-electron chi connectivity index (χ3n) is 4.48. The van der Waals surface area contributed by atoms with Crippen LogP contribution in [0.5, 0.6) is 0 Å². The molecule has 8 heteroatoms. The molecule has 1 aliphatic carbocycles. The van der Waals surface area contributed by atoms with Gasteiger partial charge in [0.15, 0.2) is 10.8 Å². The van der Waals surface area contributed by atoms with Crippen LogP contribution in [0.1, 0.15) is 53.9 Å². The molecular weight excluding hydrogens is 340 g/mol. The molecule has 0 saturated heterocycles. The van der Waals surface area contributed by atoms with Gasteiger partial charge < -0.3 is 10.4 Å². The minimum Gasteiger partial charge on any atom is -0.480 e. The fraction of sp³-hybridized carbons (Fsp3) is 0.471. The molecule has 2 aromatic rings. The first-order valence-corrected chi connectivity index (χ1v) is 9.14. The van der Waals surface area contributed by atoms with Crippen LogP contribution in [0, 0.1) is 6.92 Å². The highest BCUT2D eigenvalue weighted by Gasteiger charge is 2.40. The Hall–Kier alpha value is -2.35. The number of nitrogens with zero attached hydrogens (tertiary/aromatic N) is 3. The summed E-state index contributed by atoms with van der Waals surface area (Å²) in [4.78, 5) is 37.7. The van der Waals surface area contributed by atoms with E-state index in [1.807, 2.05) is 0 Å². The summed E-state index contributed by atoms with van der Waals surface area (Å²) in [5, 5.41) is 13.0. The zero-order valence-corrected chi connectivity index (χ0v) is 14.8. The summed E-state index contributed by atoms with van der Waals surface area (Å²) in [7, 11) is 0. The number of nitrogens with one attached hydrogen (secondary N) is 1. The van der Waals surface area contributed by atoms with Crippen molar-refractivity contribution in [2.45, 2.75) is 51.0 Å². The molecule has 1 aliphatic rings. The third kappa shape index (κ3) is 3.68. The van der Waals surface area contributed by atoms with Crippen LogP contribution >= 0.6 is 11.3 Å². The second-order valence-corrected chi connectivity index (χ2v) is 7.26. The van der Waals surface area contributed by atoms with Gasteiger partial charge in [-0.25, -0.2) is 19.7 Å². The highest BCUT2D eigenvalue weighted by molar-refractivity contribution is 7.17. The van der Waals surface area contributed by atoms with Crippen molar-refractivity contribution in [3.8, 4) is 10.8 Å². The van der Waals surface area contributed by atoms with Crippen molar-refractivity contribution >= 4 is 23.2 Å². The van der Waals surface area contributed by atoms with Crippen molar-refractivity contribution < 1.29 is 14.7 Å². The summed E-state index contributed by atoms with van der Waals surface area (Å²) in [6.45, 7) is 1.73. The van der Waals surface area contributed by atoms with E-state index in [0.29, 0.717) is 34.2 Å². The van der Waals surface area contributed by atoms with Gasteiger partial charge in [-0.15, -0.1) is 11.3 Å². The topological polar surface area (TPSA) is 105 Å². The molecule has 0 atom stereocenters. The standard InChI is InChI=1S/C17H20N4O3S/c1-11-12(25-15(20-11)13-18-9-6-10-19-13)14(22)21-17(16(23)24)7-4-2-3-5-8-17/h6,9-10H,2-5,7-8H2,1H3,(H,21,22)(H,23,24). The summed E-state index contributed by atoms with van der Waals surface area (Å²) < 4.78 is 0. The van der Waals surface area contributed by atoms with Gasteiger partial charge in [-0.1, -0.05) is 25.7 Å². The lowest BCUT2D eigenvalue weighted by atomic mass is 9.90. The van der Waals surface area contributed by atoms with Gasteiger partial charge >= 0.3 is 5.97 Å². The average molecular weight is 360 g/mol. The molecule has 1 amide bonds. The van der Waals surface area contributed by atoms with Crippen molar-refractivity contribution in [1.82, 2.24) is 20.3 Å². The molecule has 2 aromatic heterocycles. The van der Waals surface area contributed by atoms with Crippen molar-refractivity contribution in [2.24, 2.45) is 0 Å². The van der Waals surface area contributed by atoms with Crippen molar-refractivity contribution in [2.75, 3.05) is 0 Å². The maximum atomic E-state index is 12.8. The molecule has 2 heterocycles. The van der Waals surface area contributed by atoms with E-state index in [2.05, 4.69) is 20.3 Å². The minimum absolute atomic E-state index is 0.388. The van der Waals surface area contributed by atoms with E-state index in [4.69, 9.17) is 0 Å². The predicted octanol–water partition coefficient (Wildman–Crippen LogP) is 2.82. The third-order valence-corrected chi connectivity index (χ3v) is 5.63. The zero-order valence-electron chi connectivity index (χ0n) is 14.0.